The van der Waals surface area contributed by atoms with E-state index in [1.54, 1.807) is 6.08 Å². The molecular formula is C13H15ClN2O3. The van der Waals surface area contributed by atoms with Crippen LogP contribution in [0.2, 0.25) is 0 Å². The number of rotatable bonds is 6. The first kappa shape index (κ1) is 13.8. The van der Waals surface area contributed by atoms with Gasteiger partial charge in [0.15, 0.2) is 11.7 Å². The molecule has 0 spiro atoms. The second-order valence-corrected chi connectivity index (χ2v) is 4.66. The summed E-state index contributed by atoms with van der Waals surface area (Å²) in [4.78, 5) is 26.8. The number of allylic oxidation sites excluding steroid dienone is 1. The van der Waals surface area contributed by atoms with Crippen LogP contribution in [0.15, 0.2) is 10.5 Å². The molecule has 0 fully saturated rings. The van der Waals surface area contributed by atoms with E-state index in [9.17, 15) is 9.59 Å². The van der Waals surface area contributed by atoms with Gasteiger partial charge in [0, 0.05) is 25.3 Å². The number of carbonyl (C=O) groups excluding carboxylic acids is 2. The number of nitrogens with zero attached hydrogens (tertiary/aromatic N) is 1. The molecule has 1 heterocycles. The molecule has 0 aromatic carbocycles. The van der Waals surface area contributed by atoms with Crippen LogP contribution in [0.3, 0.4) is 0 Å². The Balaban J connectivity index is 1.80. The van der Waals surface area contributed by atoms with Crippen molar-refractivity contribution in [2.75, 3.05) is 12.4 Å². The molecule has 1 aromatic rings. The first-order chi connectivity index (χ1) is 9.19. The van der Waals surface area contributed by atoms with Crippen molar-refractivity contribution < 1.29 is 14.0 Å². The third-order valence-electron chi connectivity index (χ3n) is 2.73. The van der Waals surface area contributed by atoms with Crippen LogP contribution in [0.25, 0.3) is 6.08 Å². The fourth-order valence-corrected chi connectivity index (χ4v) is 1.93. The number of carbonyl (C=O) groups is 2. The second-order valence-electron chi connectivity index (χ2n) is 4.28. The molecule has 0 atom stereocenters. The van der Waals surface area contributed by atoms with E-state index in [-0.39, 0.29) is 18.1 Å². The molecule has 1 aliphatic rings. The molecule has 2 rings (SSSR count). The first-order valence-electron chi connectivity index (χ1n) is 6.21. The Hall–Kier alpha value is -1.62. The van der Waals surface area contributed by atoms with Gasteiger partial charge in [-0.15, -0.1) is 11.6 Å². The number of alkyl halides is 1. The van der Waals surface area contributed by atoms with Gasteiger partial charge in [0.2, 0.25) is 5.91 Å². The molecule has 6 heteroatoms. The molecule has 102 valence electrons. The van der Waals surface area contributed by atoms with Crippen molar-refractivity contribution in [2.45, 2.75) is 25.7 Å². The van der Waals surface area contributed by atoms with Crippen molar-refractivity contribution in [3.63, 3.8) is 0 Å². The number of fused-ring (bicyclic) bond motifs is 1. The second kappa shape index (κ2) is 6.52. The Kier molecular flexibility index (Phi) is 4.74. The van der Waals surface area contributed by atoms with Crippen molar-refractivity contribution in [1.29, 1.82) is 0 Å². The summed E-state index contributed by atoms with van der Waals surface area (Å²) in [7, 11) is 0. The number of nitrogens with one attached hydrogen (secondary N) is 1. The van der Waals surface area contributed by atoms with Gasteiger partial charge < -0.3 is 9.73 Å². The number of halogens is 1. The molecule has 5 nitrogen and oxygen atoms in total. The number of aromatic nitrogens is 1. The molecule has 0 bridgehead atoms. The molecule has 19 heavy (non-hydrogen) atoms. The molecule has 0 saturated heterocycles. The van der Waals surface area contributed by atoms with Gasteiger partial charge >= 0.3 is 0 Å². The predicted octanol–water partition coefficient (Wildman–Crippen LogP) is 1.49. The minimum absolute atomic E-state index is 0.0181. The number of hydrogen-bond donors (Lipinski definition) is 1. The Bertz CT molecular complexity index is 508. The molecule has 1 amide bonds. The maximum absolute atomic E-state index is 11.4. The van der Waals surface area contributed by atoms with E-state index in [1.165, 1.54) is 6.08 Å². The van der Waals surface area contributed by atoms with E-state index in [2.05, 4.69) is 10.3 Å². The Labute approximate surface area is 116 Å². The molecule has 1 N–H and O–H groups in total. The summed E-state index contributed by atoms with van der Waals surface area (Å²) in [5.74, 6) is 1.63. The fraction of sp³-hybridized carbons (Fsp3) is 0.462. The van der Waals surface area contributed by atoms with Gasteiger partial charge in [0.05, 0.1) is 6.42 Å². The minimum Gasteiger partial charge on any atom is -0.445 e. The SMILES string of the molecule is O=C1C=Cc2nc(CCNC(=O)CCCCl)oc2C1. The van der Waals surface area contributed by atoms with Crippen molar-refractivity contribution in [3.8, 4) is 0 Å². The average molecular weight is 283 g/mol. The normalized spacial score (nSPS) is 13.4. The van der Waals surface area contributed by atoms with Gasteiger partial charge in [0.1, 0.15) is 11.5 Å². The summed E-state index contributed by atoms with van der Waals surface area (Å²) in [5, 5.41) is 2.77. The summed E-state index contributed by atoms with van der Waals surface area (Å²) in [6, 6.07) is 0. The molecule has 0 unspecified atom stereocenters. The zero-order chi connectivity index (χ0) is 13.7. The van der Waals surface area contributed by atoms with E-state index < -0.39 is 0 Å². The third-order valence-corrected chi connectivity index (χ3v) is 3.00. The van der Waals surface area contributed by atoms with Crippen LogP contribution in [0.1, 0.15) is 30.2 Å². The van der Waals surface area contributed by atoms with Crippen LogP contribution >= 0.6 is 11.6 Å². The van der Waals surface area contributed by atoms with Gasteiger partial charge in [-0.25, -0.2) is 4.98 Å². The molecule has 0 aliphatic heterocycles. The highest BCUT2D eigenvalue weighted by atomic mass is 35.5. The maximum atomic E-state index is 11.4. The fourth-order valence-electron chi connectivity index (χ4n) is 1.79. The lowest BCUT2D eigenvalue weighted by molar-refractivity contribution is -0.121. The van der Waals surface area contributed by atoms with E-state index in [4.69, 9.17) is 16.0 Å². The third kappa shape index (κ3) is 3.92. The first-order valence-corrected chi connectivity index (χ1v) is 6.74. The van der Waals surface area contributed by atoms with Crippen molar-refractivity contribution in [3.05, 3.63) is 23.4 Å². The van der Waals surface area contributed by atoms with Gasteiger partial charge in [-0.2, -0.15) is 0 Å². The van der Waals surface area contributed by atoms with E-state index in [0.717, 1.165) is 0 Å². The maximum Gasteiger partial charge on any atom is 0.220 e. The molecular weight excluding hydrogens is 268 g/mol. The Morgan fingerprint density at radius 1 is 1.47 bits per heavy atom. The molecule has 0 saturated carbocycles. The molecule has 1 aliphatic carbocycles. The zero-order valence-corrected chi connectivity index (χ0v) is 11.2. The summed E-state index contributed by atoms with van der Waals surface area (Å²) < 4.78 is 5.48. The number of oxazole rings is 1. The molecule has 0 radical (unpaired) electrons. The van der Waals surface area contributed by atoms with Crippen molar-refractivity contribution in [2.24, 2.45) is 0 Å². The zero-order valence-electron chi connectivity index (χ0n) is 10.4. The van der Waals surface area contributed by atoms with Crippen molar-refractivity contribution >= 4 is 29.4 Å². The van der Waals surface area contributed by atoms with Crippen LogP contribution < -0.4 is 5.32 Å². The minimum atomic E-state index is -0.0213. The predicted molar refractivity (Wildman–Crippen MR) is 70.9 cm³/mol. The standard InChI is InChI=1S/C13H15ClN2O3/c14-6-1-2-12(18)15-7-5-13-16-10-4-3-9(17)8-11(10)19-13/h3-4H,1-2,5-8H2,(H,15,18). The highest BCUT2D eigenvalue weighted by Gasteiger charge is 2.17. The van der Waals surface area contributed by atoms with E-state index in [0.29, 0.717) is 49.0 Å². The van der Waals surface area contributed by atoms with Gasteiger partial charge in [0.25, 0.3) is 0 Å². The summed E-state index contributed by atoms with van der Waals surface area (Å²) in [6.07, 6.45) is 5.05. The lowest BCUT2D eigenvalue weighted by Crippen LogP contribution is -2.25. The van der Waals surface area contributed by atoms with E-state index >= 15 is 0 Å². The number of hydrogen-bond acceptors (Lipinski definition) is 4. The quantitative estimate of drug-likeness (QED) is 0.803. The lowest BCUT2D eigenvalue weighted by Gasteiger charge is -2.02. The van der Waals surface area contributed by atoms with Crippen LogP contribution in [-0.4, -0.2) is 29.1 Å². The largest absolute Gasteiger partial charge is 0.445 e. The summed E-state index contributed by atoms with van der Waals surface area (Å²) in [5.41, 5.74) is 0.711. The van der Waals surface area contributed by atoms with Crippen LogP contribution in [0, 0.1) is 0 Å². The van der Waals surface area contributed by atoms with Gasteiger partial charge in [-0.3, -0.25) is 9.59 Å². The highest BCUT2D eigenvalue weighted by Crippen LogP contribution is 2.18. The van der Waals surface area contributed by atoms with Crippen LogP contribution in [-0.2, 0) is 22.4 Å². The van der Waals surface area contributed by atoms with Crippen LogP contribution in [0.4, 0.5) is 0 Å². The highest BCUT2D eigenvalue weighted by molar-refractivity contribution is 6.17. The summed E-state index contributed by atoms with van der Waals surface area (Å²) in [6.45, 7) is 0.470. The molecule has 1 aromatic heterocycles. The smallest absolute Gasteiger partial charge is 0.220 e. The van der Waals surface area contributed by atoms with E-state index in [1.807, 2.05) is 0 Å². The topological polar surface area (TPSA) is 72.2 Å². The monoisotopic (exact) mass is 282 g/mol. The number of amides is 1. The summed E-state index contributed by atoms with van der Waals surface area (Å²) >= 11 is 5.51. The lowest BCUT2D eigenvalue weighted by atomic mass is 10.1. The number of ketones is 1. The average Bonchev–Trinajstić information content (AvgIpc) is 2.78. The van der Waals surface area contributed by atoms with Crippen molar-refractivity contribution in [1.82, 2.24) is 10.3 Å². The van der Waals surface area contributed by atoms with Gasteiger partial charge in [-0.05, 0) is 18.6 Å². The Morgan fingerprint density at radius 3 is 3.11 bits per heavy atom. The van der Waals surface area contributed by atoms with Gasteiger partial charge in [-0.1, -0.05) is 0 Å². The Morgan fingerprint density at radius 2 is 2.32 bits per heavy atom. The van der Waals surface area contributed by atoms with Crippen LogP contribution in [0.5, 0.6) is 0 Å².